The van der Waals surface area contributed by atoms with Gasteiger partial charge in [0, 0.05) is 37.2 Å². The molecule has 2 aliphatic heterocycles. The smallest absolute Gasteiger partial charge is 0.302 e. The van der Waals surface area contributed by atoms with Crippen molar-refractivity contribution >= 4 is 5.97 Å². The van der Waals surface area contributed by atoms with Crippen molar-refractivity contribution in [1.82, 2.24) is 0 Å². The Morgan fingerprint density at radius 3 is 2.45 bits per heavy atom. The minimum Gasteiger partial charge on any atom is -0.462 e. The summed E-state index contributed by atoms with van der Waals surface area (Å²) in [4.78, 5) is 12.1. The summed E-state index contributed by atoms with van der Waals surface area (Å²) in [7, 11) is 1.49. The zero-order valence-corrected chi connectivity index (χ0v) is 18.6. The van der Waals surface area contributed by atoms with Crippen LogP contribution in [0.15, 0.2) is 12.2 Å². The van der Waals surface area contributed by atoms with E-state index in [2.05, 4.69) is 20.4 Å². The lowest BCUT2D eigenvalue weighted by Gasteiger charge is -2.76. The van der Waals surface area contributed by atoms with Gasteiger partial charge in [-0.3, -0.25) is 4.79 Å². The molecule has 0 amide bonds. The van der Waals surface area contributed by atoms with E-state index in [1.165, 1.54) is 14.0 Å². The van der Waals surface area contributed by atoms with Crippen LogP contribution in [-0.4, -0.2) is 70.0 Å². The maximum Gasteiger partial charge on any atom is 0.302 e. The normalized spacial score (nSPS) is 56.7. The molecule has 4 saturated carbocycles. The second-order valence-corrected chi connectivity index (χ2v) is 11.1. The van der Waals surface area contributed by atoms with Gasteiger partial charge in [-0.2, -0.15) is 0 Å². The summed E-state index contributed by atoms with van der Waals surface area (Å²) in [6, 6.07) is 0. The van der Waals surface area contributed by atoms with Gasteiger partial charge >= 0.3 is 5.97 Å². The molecule has 11 unspecified atom stereocenters. The molecule has 0 aromatic heterocycles. The van der Waals surface area contributed by atoms with Gasteiger partial charge in [0.2, 0.25) is 5.79 Å². The van der Waals surface area contributed by atoms with Crippen molar-refractivity contribution in [3.63, 3.8) is 0 Å². The van der Waals surface area contributed by atoms with E-state index in [1.807, 2.05) is 0 Å². The molecule has 6 rings (SSSR count). The van der Waals surface area contributed by atoms with E-state index in [9.17, 15) is 25.2 Å². The number of carbonyl (C=O) groups excluding carboxylic acids is 1. The largest absolute Gasteiger partial charge is 0.462 e. The number of fused-ring (bicyclic) bond motifs is 2. The van der Waals surface area contributed by atoms with Crippen LogP contribution in [0.1, 0.15) is 46.5 Å². The van der Waals surface area contributed by atoms with Crippen molar-refractivity contribution < 1.29 is 39.4 Å². The Bertz CT molecular complexity index is 826. The molecule has 6 aliphatic rings. The molecule has 6 fully saturated rings. The Morgan fingerprint density at radius 2 is 1.84 bits per heavy atom. The van der Waals surface area contributed by atoms with Gasteiger partial charge in [0.05, 0.1) is 17.6 Å². The van der Waals surface area contributed by atoms with Gasteiger partial charge in [-0.25, -0.2) is 0 Å². The molecule has 11 atom stereocenters. The van der Waals surface area contributed by atoms with Crippen LogP contribution >= 0.6 is 0 Å². The van der Waals surface area contributed by atoms with E-state index in [-0.39, 0.29) is 5.41 Å². The summed E-state index contributed by atoms with van der Waals surface area (Å²) in [5.74, 6) is -4.48. The second-order valence-electron chi connectivity index (χ2n) is 11.1. The molecule has 2 spiro atoms. The minimum atomic E-state index is -2.30. The predicted molar refractivity (Wildman–Crippen MR) is 107 cm³/mol. The Balaban J connectivity index is 1.83. The van der Waals surface area contributed by atoms with E-state index in [1.54, 1.807) is 0 Å². The van der Waals surface area contributed by atoms with Gasteiger partial charge in [-0.05, 0) is 30.3 Å². The van der Waals surface area contributed by atoms with E-state index in [4.69, 9.17) is 14.2 Å². The van der Waals surface area contributed by atoms with Crippen molar-refractivity contribution in [3.05, 3.63) is 12.2 Å². The molecule has 4 aliphatic carbocycles. The number of carbonyl (C=O) groups is 1. The van der Waals surface area contributed by atoms with Crippen molar-refractivity contribution in [2.24, 2.45) is 34.0 Å². The summed E-state index contributed by atoms with van der Waals surface area (Å²) < 4.78 is 17.7. The fourth-order valence-electron chi connectivity index (χ4n) is 8.85. The lowest BCUT2D eigenvalue weighted by atomic mass is 9.35. The SMILES string of the molecule is C=C1C2CC(OC(C)=O)C3C45CCCC(C)(C)C4C(O)C(O)(OC5OC)C3(C1O)C2O. The number of ether oxygens (including phenoxy) is 3. The summed E-state index contributed by atoms with van der Waals surface area (Å²) in [5, 5.41) is 46.7. The molecule has 174 valence electrons. The highest BCUT2D eigenvalue weighted by molar-refractivity contribution is 5.66. The summed E-state index contributed by atoms with van der Waals surface area (Å²) in [6.07, 6.45) is -2.92. The highest BCUT2D eigenvalue weighted by atomic mass is 16.8. The van der Waals surface area contributed by atoms with Crippen LogP contribution in [0.2, 0.25) is 0 Å². The molecule has 2 heterocycles. The molecule has 0 aromatic rings. The zero-order chi connectivity index (χ0) is 22.7. The van der Waals surface area contributed by atoms with Crippen molar-refractivity contribution in [1.29, 1.82) is 0 Å². The Labute approximate surface area is 182 Å². The molecule has 8 heteroatoms. The number of hydrogen-bond donors (Lipinski definition) is 4. The second kappa shape index (κ2) is 6.30. The molecule has 4 N–H and O–H groups in total. The predicted octanol–water partition coefficient (Wildman–Crippen LogP) is 0.711. The highest BCUT2D eigenvalue weighted by Crippen LogP contribution is 2.79. The highest BCUT2D eigenvalue weighted by Gasteiger charge is 2.89. The van der Waals surface area contributed by atoms with E-state index >= 15 is 0 Å². The standard InChI is InChI=1S/C23H34O8/c1-10-12-9-13(30-11(2)24)14-21-8-6-7-20(3,4)15(21)18(27)23(28,31-19(21)29-5)22(14,16(10)25)17(12)26/h12-19,25-28H,1,6-9H2,2-5H3. The van der Waals surface area contributed by atoms with E-state index < -0.39 is 71.0 Å². The van der Waals surface area contributed by atoms with Crippen LogP contribution in [0.3, 0.4) is 0 Å². The van der Waals surface area contributed by atoms with Crippen LogP contribution < -0.4 is 0 Å². The first-order valence-electron chi connectivity index (χ1n) is 11.2. The fraction of sp³-hybridized carbons (Fsp3) is 0.870. The van der Waals surface area contributed by atoms with E-state index in [0.29, 0.717) is 18.4 Å². The van der Waals surface area contributed by atoms with Gasteiger partial charge in [-0.1, -0.05) is 26.8 Å². The lowest BCUT2D eigenvalue weighted by Crippen LogP contribution is -2.88. The van der Waals surface area contributed by atoms with Crippen LogP contribution in [0.5, 0.6) is 0 Å². The average molecular weight is 439 g/mol. The van der Waals surface area contributed by atoms with Crippen LogP contribution in [0.25, 0.3) is 0 Å². The average Bonchev–Trinajstić information content (AvgIpc) is 2.79. The first-order valence-corrected chi connectivity index (χ1v) is 11.2. The Kier molecular flexibility index (Phi) is 4.43. The Morgan fingerprint density at radius 1 is 1.16 bits per heavy atom. The quantitative estimate of drug-likeness (QED) is 0.367. The number of rotatable bonds is 2. The third-order valence-corrected chi connectivity index (χ3v) is 9.55. The van der Waals surface area contributed by atoms with Crippen molar-refractivity contribution in [2.75, 3.05) is 7.11 Å². The monoisotopic (exact) mass is 438 g/mol. The number of methoxy groups -OCH3 is 1. The first kappa shape index (κ1) is 21.8. The lowest BCUT2D eigenvalue weighted by molar-refractivity contribution is -0.521. The van der Waals surface area contributed by atoms with Crippen molar-refractivity contribution in [2.45, 2.75) is 82.9 Å². The third kappa shape index (κ3) is 2.15. The maximum atomic E-state index is 12.1. The third-order valence-electron chi connectivity index (χ3n) is 9.55. The number of esters is 1. The topological polar surface area (TPSA) is 126 Å². The number of hydrogen-bond acceptors (Lipinski definition) is 8. The summed E-state index contributed by atoms with van der Waals surface area (Å²) in [5.41, 5.74) is -2.55. The van der Waals surface area contributed by atoms with Gasteiger partial charge in [0.15, 0.2) is 6.29 Å². The zero-order valence-electron chi connectivity index (χ0n) is 18.6. The van der Waals surface area contributed by atoms with E-state index in [0.717, 1.165) is 12.8 Å². The van der Waals surface area contributed by atoms with Gasteiger partial charge in [0.1, 0.15) is 12.2 Å². The van der Waals surface area contributed by atoms with Crippen LogP contribution in [0, 0.1) is 34.0 Å². The van der Waals surface area contributed by atoms with Crippen LogP contribution in [-0.2, 0) is 19.0 Å². The van der Waals surface area contributed by atoms with Crippen molar-refractivity contribution in [3.8, 4) is 0 Å². The molecule has 0 radical (unpaired) electrons. The fourth-order valence-corrected chi connectivity index (χ4v) is 8.85. The molecular weight excluding hydrogens is 404 g/mol. The molecule has 31 heavy (non-hydrogen) atoms. The van der Waals surface area contributed by atoms with Crippen LogP contribution in [0.4, 0.5) is 0 Å². The first-order chi connectivity index (χ1) is 14.4. The molecule has 0 aromatic carbocycles. The molecule has 2 saturated heterocycles. The van der Waals surface area contributed by atoms with Gasteiger partial charge in [0.25, 0.3) is 0 Å². The Hall–Kier alpha value is -1.03. The van der Waals surface area contributed by atoms with Gasteiger partial charge < -0.3 is 34.6 Å². The minimum absolute atomic E-state index is 0.292. The van der Waals surface area contributed by atoms with Gasteiger partial charge in [-0.15, -0.1) is 0 Å². The summed E-state index contributed by atoms with van der Waals surface area (Å²) in [6.45, 7) is 9.45. The molecule has 4 bridgehead atoms. The molecule has 8 nitrogen and oxygen atoms in total. The summed E-state index contributed by atoms with van der Waals surface area (Å²) >= 11 is 0. The maximum absolute atomic E-state index is 12.1. The number of aliphatic hydroxyl groups is 4. The molecular formula is C23H34O8. The number of aliphatic hydroxyl groups excluding tert-OH is 3.